The maximum atomic E-state index is 9.28. The molecule has 0 aliphatic rings. The zero-order valence-electron chi connectivity index (χ0n) is 6.69. The molecule has 4 N–H and O–H groups in total. The summed E-state index contributed by atoms with van der Waals surface area (Å²) in [6, 6.07) is 0. The molecule has 0 aromatic rings. The number of hydrogen-bond acceptors (Lipinski definition) is 4. The van der Waals surface area contributed by atoms with Gasteiger partial charge in [0.05, 0.1) is 19.3 Å². The molecule has 1 unspecified atom stereocenters. The van der Waals surface area contributed by atoms with Gasteiger partial charge in [-0.3, -0.25) is 0 Å². The molecule has 0 saturated carbocycles. The third-order valence-electron chi connectivity index (χ3n) is 1.73. The standard InChI is InChI=1S/C7H16O4/c1-2-3-6(10)7(11,4-8)5-9/h6,8-11H,2-5H2,1H3. The van der Waals surface area contributed by atoms with Crippen LogP contribution in [0.1, 0.15) is 19.8 Å². The predicted molar refractivity (Wildman–Crippen MR) is 40.0 cm³/mol. The van der Waals surface area contributed by atoms with Crippen molar-refractivity contribution in [3.63, 3.8) is 0 Å². The lowest BCUT2D eigenvalue weighted by Crippen LogP contribution is -2.48. The monoisotopic (exact) mass is 164 g/mol. The van der Waals surface area contributed by atoms with Gasteiger partial charge in [0.25, 0.3) is 0 Å². The highest BCUT2D eigenvalue weighted by Crippen LogP contribution is 2.13. The fourth-order valence-corrected chi connectivity index (χ4v) is 0.803. The van der Waals surface area contributed by atoms with Crippen LogP contribution in [0.4, 0.5) is 0 Å². The highest BCUT2D eigenvalue weighted by Gasteiger charge is 2.33. The number of aliphatic hydroxyl groups is 4. The Labute approximate surface area is 66.1 Å². The van der Waals surface area contributed by atoms with Crippen molar-refractivity contribution in [1.29, 1.82) is 0 Å². The van der Waals surface area contributed by atoms with Crippen LogP contribution in [-0.4, -0.2) is 45.3 Å². The van der Waals surface area contributed by atoms with Gasteiger partial charge in [-0.15, -0.1) is 0 Å². The smallest absolute Gasteiger partial charge is 0.136 e. The lowest BCUT2D eigenvalue weighted by molar-refractivity contribution is -0.132. The van der Waals surface area contributed by atoms with E-state index in [1.807, 2.05) is 6.92 Å². The second-order valence-electron chi connectivity index (χ2n) is 2.72. The lowest BCUT2D eigenvalue weighted by Gasteiger charge is -2.28. The van der Waals surface area contributed by atoms with Crippen molar-refractivity contribution in [2.45, 2.75) is 31.5 Å². The van der Waals surface area contributed by atoms with Crippen molar-refractivity contribution in [2.24, 2.45) is 0 Å². The van der Waals surface area contributed by atoms with Crippen molar-refractivity contribution < 1.29 is 20.4 Å². The first-order valence-corrected chi connectivity index (χ1v) is 3.73. The average molecular weight is 164 g/mol. The Kier molecular flexibility index (Phi) is 4.60. The highest BCUT2D eigenvalue weighted by molar-refractivity contribution is 4.84. The summed E-state index contributed by atoms with van der Waals surface area (Å²) in [5.41, 5.74) is -1.74. The molecule has 0 bridgehead atoms. The third kappa shape index (κ3) is 2.75. The molecule has 0 radical (unpaired) electrons. The molecule has 0 rings (SSSR count). The topological polar surface area (TPSA) is 80.9 Å². The van der Waals surface area contributed by atoms with E-state index < -0.39 is 24.9 Å². The largest absolute Gasteiger partial charge is 0.393 e. The second-order valence-corrected chi connectivity index (χ2v) is 2.72. The maximum absolute atomic E-state index is 9.28. The molecule has 0 aliphatic carbocycles. The van der Waals surface area contributed by atoms with Gasteiger partial charge in [0, 0.05) is 0 Å². The molecule has 4 nitrogen and oxygen atoms in total. The lowest BCUT2D eigenvalue weighted by atomic mass is 9.95. The normalized spacial score (nSPS) is 15.0. The van der Waals surface area contributed by atoms with Gasteiger partial charge in [-0.2, -0.15) is 0 Å². The minimum Gasteiger partial charge on any atom is -0.393 e. The Hall–Kier alpha value is -0.160. The molecule has 0 saturated heterocycles. The van der Waals surface area contributed by atoms with E-state index in [1.165, 1.54) is 0 Å². The van der Waals surface area contributed by atoms with Crippen LogP contribution in [0.25, 0.3) is 0 Å². The molecule has 11 heavy (non-hydrogen) atoms. The van der Waals surface area contributed by atoms with Gasteiger partial charge in [0.1, 0.15) is 5.60 Å². The molecule has 4 heteroatoms. The van der Waals surface area contributed by atoms with E-state index >= 15 is 0 Å². The maximum Gasteiger partial charge on any atom is 0.136 e. The van der Waals surface area contributed by atoms with Crippen LogP contribution < -0.4 is 0 Å². The highest BCUT2D eigenvalue weighted by atomic mass is 16.4. The molecule has 0 aliphatic heterocycles. The second kappa shape index (κ2) is 4.66. The Bertz CT molecular complexity index is 101. The zero-order chi connectivity index (χ0) is 8.91. The molecule has 1 atom stereocenters. The van der Waals surface area contributed by atoms with Crippen LogP contribution >= 0.6 is 0 Å². The van der Waals surface area contributed by atoms with Crippen LogP contribution in [0, 0.1) is 0 Å². The van der Waals surface area contributed by atoms with E-state index in [1.54, 1.807) is 0 Å². The van der Waals surface area contributed by atoms with Crippen molar-refractivity contribution in [2.75, 3.05) is 13.2 Å². The number of rotatable bonds is 5. The summed E-state index contributed by atoms with van der Waals surface area (Å²) in [6.45, 7) is 0.605. The minimum absolute atomic E-state index is 0.373. The third-order valence-corrected chi connectivity index (χ3v) is 1.73. The van der Waals surface area contributed by atoms with Crippen molar-refractivity contribution in [1.82, 2.24) is 0 Å². The fourth-order valence-electron chi connectivity index (χ4n) is 0.803. The number of hydrogen-bond donors (Lipinski definition) is 4. The Balaban J connectivity index is 4.00. The zero-order valence-corrected chi connectivity index (χ0v) is 6.69. The van der Waals surface area contributed by atoms with Gasteiger partial charge in [0.15, 0.2) is 0 Å². The van der Waals surface area contributed by atoms with E-state index in [4.69, 9.17) is 10.2 Å². The van der Waals surface area contributed by atoms with Gasteiger partial charge in [-0.1, -0.05) is 13.3 Å². The molecular formula is C7H16O4. The van der Waals surface area contributed by atoms with Gasteiger partial charge < -0.3 is 20.4 Å². The molecule has 0 aromatic heterocycles. The van der Waals surface area contributed by atoms with Gasteiger partial charge in [-0.25, -0.2) is 0 Å². The summed E-state index contributed by atoms with van der Waals surface area (Å²) in [5, 5.41) is 35.7. The minimum atomic E-state index is -1.74. The van der Waals surface area contributed by atoms with Crippen molar-refractivity contribution in [3.05, 3.63) is 0 Å². The summed E-state index contributed by atoms with van der Waals surface area (Å²) in [6.07, 6.45) is 0.0173. The fraction of sp³-hybridized carbons (Fsp3) is 1.00. The van der Waals surface area contributed by atoms with E-state index in [0.717, 1.165) is 0 Å². The summed E-state index contributed by atoms with van der Waals surface area (Å²) in [5.74, 6) is 0. The quantitative estimate of drug-likeness (QED) is 0.414. The molecule has 0 fully saturated rings. The van der Waals surface area contributed by atoms with Crippen LogP contribution in [0.2, 0.25) is 0 Å². The van der Waals surface area contributed by atoms with E-state index in [-0.39, 0.29) is 0 Å². The molecule has 0 aromatic carbocycles. The van der Waals surface area contributed by atoms with Gasteiger partial charge >= 0.3 is 0 Å². The van der Waals surface area contributed by atoms with Gasteiger partial charge in [-0.05, 0) is 6.42 Å². The Morgan fingerprint density at radius 3 is 2.00 bits per heavy atom. The van der Waals surface area contributed by atoms with E-state index in [9.17, 15) is 10.2 Å². The predicted octanol–water partition coefficient (Wildman–Crippen LogP) is -1.14. The first-order chi connectivity index (χ1) is 5.10. The molecular weight excluding hydrogens is 148 g/mol. The summed E-state index contributed by atoms with van der Waals surface area (Å²) < 4.78 is 0. The summed E-state index contributed by atoms with van der Waals surface area (Å²) in [7, 11) is 0. The molecule has 0 amide bonds. The van der Waals surface area contributed by atoms with Gasteiger partial charge in [0.2, 0.25) is 0 Å². The molecule has 68 valence electrons. The van der Waals surface area contributed by atoms with Crippen LogP contribution in [0.3, 0.4) is 0 Å². The average Bonchev–Trinajstić information content (AvgIpc) is 2.03. The van der Waals surface area contributed by atoms with Crippen LogP contribution in [0.15, 0.2) is 0 Å². The van der Waals surface area contributed by atoms with E-state index in [0.29, 0.717) is 12.8 Å². The Morgan fingerprint density at radius 2 is 1.73 bits per heavy atom. The molecule has 0 heterocycles. The molecule has 0 spiro atoms. The first-order valence-electron chi connectivity index (χ1n) is 3.73. The van der Waals surface area contributed by atoms with Crippen LogP contribution in [-0.2, 0) is 0 Å². The van der Waals surface area contributed by atoms with E-state index in [2.05, 4.69) is 0 Å². The number of aliphatic hydroxyl groups excluding tert-OH is 3. The Morgan fingerprint density at radius 1 is 1.27 bits per heavy atom. The first kappa shape index (κ1) is 10.8. The van der Waals surface area contributed by atoms with Crippen molar-refractivity contribution >= 4 is 0 Å². The van der Waals surface area contributed by atoms with Crippen molar-refractivity contribution in [3.8, 4) is 0 Å². The summed E-state index contributed by atoms with van der Waals surface area (Å²) >= 11 is 0. The SMILES string of the molecule is CCCC(O)C(O)(CO)CO. The summed E-state index contributed by atoms with van der Waals surface area (Å²) in [4.78, 5) is 0. The van der Waals surface area contributed by atoms with Crippen LogP contribution in [0.5, 0.6) is 0 Å².